The minimum atomic E-state index is -3.63. The zero-order chi connectivity index (χ0) is 24.1. The van der Waals surface area contributed by atoms with Gasteiger partial charge in [0.2, 0.25) is 15.9 Å². The van der Waals surface area contributed by atoms with Gasteiger partial charge >= 0.3 is 6.61 Å². The Morgan fingerprint density at radius 3 is 2.38 bits per heavy atom. The van der Waals surface area contributed by atoms with Gasteiger partial charge in [0.15, 0.2) is 11.5 Å². The van der Waals surface area contributed by atoms with Crippen molar-refractivity contribution in [3.05, 3.63) is 47.5 Å². The van der Waals surface area contributed by atoms with Gasteiger partial charge in [-0.15, -0.1) is 0 Å². The van der Waals surface area contributed by atoms with Crippen LogP contribution in [0.25, 0.3) is 0 Å². The molecule has 8 nitrogen and oxygen atoms in total. The van der Waals surface area contributed by atoms with E-state index in [2.05, 4.69) is 10.1 Å². The van der Waals surface area contributed by atoms with Gasteiger partial charge in [0, 0.05) is 26.3 Å². The monoisotopic (exact) mass is 471 g/mol. The van der Waals surface area contributed by atoms with E-state index in [4.69, 9.17) is 4.74 Å². The number of hydrogen-bond donors (Lipinski definition) is 1. The number of benzene rings is 2. The summed E-state index contributed by atoms with van der Waals surface area (Å²) in [6.07, 6.45) is 0. The summed E-state index contributed by atoms with van der Waals surface area (Å²) in [4.78, 5) is 14.3. The average molecular weight is 472 g/mol. The van der Waals surface area contributed by atoms with Gasteiger partial charge < -0.3 is 14.8 Å². The molecule has 0 spiro atoms. The highest BCUT2D eigenvalue weighted by molar-refractivity contribution is 7.89. The van der Waals surface area contributed by atoms with Crippen molar-refractivity contribution in [2.75, 3.05) is 40.1 Å². The van der Waals surface area contributed by atoms with E-state index in [-0.39, 0.29) is 28.8 Å². The Labute approximate surface area is 186 Å². The van der Waals surface area contributed by atoms with Crippen LogP contribution in [0.1, 0.15) is 11.1 Å². The Kier molecular flexibility index (Phi) is 8.53. The fourth-order valence-corrected chi connectivity index (χ4v) is 3.84. The van der Waals surface area contributed by atoms with E-state index in [1.54, 1.807) is 37.1 Å². The number of likely N-dealkylation sites (N-methyl/N-ethyl adjacent to an activating group) is 1. The summed E-state index contributed by atoms with van der Waals surface area (Å²) in [5.74, 6) is -0.246. The van der Waals surface area contributed by atoms with Crippen molar-refractivity contribution in [2.45, 2.75) is 25.0 Å². The Morgan fingerprint density at radius 1 is 1.09 bits per heavy atom. The number of sulfonamides is 1. The smallest absolute Gasteiger partial charge is 0.387 e. The Hall–Kier alpha value is -2.76. The molecular formula is C21H27F2N3O5S. The Balaban J connectivity index is 2.06. The third kappa shape index (κ3) is 6.62. The third-order valence-electron chi connectivity index (χ3n) is 4.57. The number of methoxy groups -OCH3 is 1. The number of halogens is 2. The molecule has 32 heavy (non-hydrogen) atoms. The van der Waals surface area contributed by atoms with Crippen LogP contribution >= 0.6 is 0 Å². The van der Waals surface area contributed by atoms with E-state index in [0.29, 0.717) is 12.2 Å². The second-order valence-corrected chi connectivity index (χ2v) is 9.50. The van der Waals surface area contributed by atoms with Gasteiger partial charge in [0.1, 0.15) is 0 Å². The molecule has 0 saturated heterocycles. The fraction of sp³-hybridized carbons (Fsp3) is 0.381. The molecule has 0 bridgehead atoms. The molecule has 0 heterocycles. The summed E-state index contributed by atoms with van der Waals surface area (Å²) in [6, 6.07) is 9.09. The molecule has 2 aromatic rings. The van der Waals surface area contributed by atoms with Crippen LogP contribution in [0.5, 0.6) is 11.5 Å². The maximum atomic E-state index is 12.5. The zero-order valence-corrected chi connectivity index (χ0v) is 19.4. The van der Waals surface area contributed by atoms with Crippen LogP contribution in [-0.4, -0.2) is 64.9 Å². The highest BCUT2D eigenvalue weighted by Gasteiger charge is 2.19. The van der Waals surface area contributed by atoms with Gasteiger partial charge in [-0.1, -0.05) is 12.1 Å². The van der Waals surface area contributed by atoms with E-state index in [1.807, 2.05) is 0 Å². The number of rotatable bonds is 10. The van der Waals surface area contributed by atoms with Crippen LogP contribution in [0.3, 0.4) is 0 Å². The van der Waals surface area contributed by atoms with Crippen molar-refractivity contribution in [1.29, 1.82) is 0 Å². The van der Waals surface area contributed by atoms with E-state index in [9.17, 15) is 22.0 Å². The second-order valence-electron chi connectivity index (χ2n) is 7.35. The lowest BCUT2D eigenvalue weighted by molar-refractivity contribution is -0.117. The van der Waals surface area contributed by atoms with E-state index >= 15 is 0 Å². The van der Waals surface area contributed by atoms with Crippen LogP contribution in [0.2, 0.25) is 0 Å². The van der Waals surface area contributed by atoms with Gasteiger partial charge in [0.05, 0.1) is 18.6 Å². The first kappa shape index (κ1) is 25.5. The topological polar surface area (TPSA) is 88.2 Å². The molecule has 0 saturated carbocycles. The first-order valence-electron chi connectivity index (χ1n) is 9.57. The van der Waals surface area contributed by atoms with E-state index < -0.39 is 16.6 Å². The molecule has 2 rings (SSSR count). The molecule has 0 fully saturated rings. The van der Waals surface area contributed by atoms with Gasteiger partial charge in [-0.25, -0.2) is 12.7 Å². The molecule has 0 aliphatic carbocycles. The van der Waals surface area contributed by atoms with Crippen molar-refractivity contribution >= 4 is 21.6 Å². The maximum Gasteiger partial charge on any atom is 0.387 e. The molecule has 0 unspecified atom stereocenters. The molecule has 176 valence electrons. The van der Waals surface area contributed by atoms with Crippen LogP contribution < -0.4 is 14.8 Å². The highest BCUT2D eigenvalue weighted by Crippen LogP contribution is 2.30. The van der Waals surface area contributed by atoms with Gasteiger partial charge in [-0.2, -0.15) is 8.78 Å². The molecule has 2 aromatic carbocycles. The van der Waals surface area contributed by atoms with E-state index in [1.165, 1.54) is 39.4 Å². The number of amides is 1. The van der Waals surface area contributed by atoms with Gasteiger partial charge in [-0.3, -0.25) is 9.69 Å². The van der Waals surface area contributed by atoms with Crippen molar-refractivity contribution in [2.24, 2.45) is 0 Å². The standard InChI is InChI=1S/C21H27F2N3O5S/c1-14-6-8-16(32(28,29)25(2)3)11-17(14)24-20(27)13-26(4)12-15-7-9-18(31-21(22)23)19(10-15)30-5/h6-11,21H,12-13H2,1-5H3,(H,24,27). The first-order valence-corrected chi connectivity index (χ1v) is 11.0. The summed E-state index contributed by atoms with van der Waals surface area (Å²) >= 11 is 0. The number of ether oxygens (including phenoxy) is 2. The molecule has 0 aromatic heterocycles. The van der Waals surface area contributed by atoms with E-state index in [0.717, 1.165) is 15.4 Å². The third-order valence-corrected chi connectivity index (χ3v) is 6.38. The number of nitrogens with zero attached hydrogens (tertiary/aromatic N) is 2. The molecule has 0 radical (unpaired) electrons. The lowest BCUT2D eigenvalue weighted by Gasteiger charge is -2.19. The Morgan fingerprint density at radius 2 is 1.78 bits per heavy atom. The van der Waals surface area contributed by atoms with Crippen molar-refractivity contribution < 1.29 is 31.5 Å². The van der Waals surface area contributed by atoms with Gasteiger partial charge in [0.25, 0.3) is 0 Å². The van der Waals surface area contributed by atoms with Crippen LogP contribution in [-0.2, 0) is 21.4 Å². The number of nitrogens with one attached hydrogen (secondary N) is 1. The van der Waals surface area contributed by atoms with Crippen LogP contribution in [0, 0.1) is 6.92 Å². The highest BCUT2D eigenvalue weighted by atomic mass is 32.2. The van der Waals surface area contributed by atoms with Gasteiger partial charge in [-0.05, 0) is 49.4 Å². The lowest BCUT2D eigenvalue weighted by atomic mass is 10.2. The van der Waals surface area contributed by atoms with Crippen molar-refractivity contribution in [1.82, 2.24) is 9.21 Å². The Bertz CT molecular complexity index is 1060. The molecule has 1 amide bonds. The SMILES string of the molecule is COc1cc(CN(C)CC(=O)Nc2cc(S(=O)(=O)N(C)C)ccc2C)ccc1OC(F)F. The van der Waals surface area contributed by atoms with Crippen molar-refractivity contribution in [3.63, 3.8) is 0 Å². The maximum absolute atomic E-state index is 12.5. The summed E-state index contributed by atoms with van der Waals surface area (Å²) in [5, 5.41) is 2.74. The summed E-state index contributed by atoms with van der Waals surface area (Å²) < 4.78 is 60.2. The zero-order valence-electron chi connectivity index (χ0n) is 18.6. The predicted octanol–water partition coefficient (Wildman–Crippen LogP) is 2.93. The summed E-state index contributed by atoms with van der Waals surface area (Å²) in [6.45, 7) is -0.842. The minimum Gasteiger partial charge on any atom is -0.493 e. The second kappa shape index (κ2) is 10.7. The number of alkyl halides is 2. The normalized spacial score (nSPS) is 11.8. The average Bonchev–Trinajstić information content (AvgIpc) is 2.69. The largest absolute Gasteiger partial charge is 0.493 e. The van der Waals surface area contributed by atoms with Crippen LogP contribution in [0.15, 0.2) is 41.3 Å². The number of aryl methyl sites for hydroxylation is 1. The summed E-state index contributed by atoms with van der Waals surface area (Å²) in [5.41, 5.74) is 1.86. The van der Waals surface area contributed by atoms with Crippen molar-refractivity contribution in [3.8, 4) is 11.5 Å². The molecular weight excluding hydrogens is 444 g/mol. The molecule has 0 aliphatic rings. The predicted molar refractivity (Wildman–Crippen MR) is 117 cm³/mol. The summed E-state index contributed by atoms with van der Waals surface area (Å²) in [7, 11) is 2.30. The van der Waals surface area contributed by atoms with Crippen LogP contribution in [0.4, 0.5) is 14.5 Å². The quantitative estimate of drug-likeness (QED) is 0.573. The number of hydrogen-bond acceptors (Lipinski definition) is 6. The molecule has 0 atom stereocenters. The number of anilines is 1. The first-order chi connectivity index (χ1) is 14.9. The lowest BCUT2D eigenvalue weighted by Crippen LogP contribution is -2.30. The molecule has 11 heteroatoms. The molecule has 1 N–H and O–H groups in total. The molecule has 0 aliphatic heterocycles. The fourth-order valence-electron chi connectivity index (χ4n) is 2.91. The number of carbonyl (C=O) groups excluding carboxylic acids is 1. The number of carbonyl (C=O) groups is 1. The minimum absolute atomic E-state index is 0.0156.